The number of carbonyl (C=O) groups excluding carboxylic acids is 3. The second-order valence-corrected chi connectivity index (χ2v) is 10.3. The van der Waals surface area contributed by atoms with Gasteiger partial charge in [-0.2, -0.15) is 8.78 Å². The minimum Gasteiger partial charge on any atom is -0.420 e. The highest BCUT2D eigenvalue weighted by atomic mass is 19.2. The van der Waals surface area contributed by atoms with Crippen molar-refractivity contribution in [3.05, 3.63) is 64.5 Å². The molecule has 0 atom stereocenters. The molecule has 0 spiro atoms. The van der Waals surface area contributed by atoms with Gasteiger partial charge in [0.15, 0.2) is 0 Å². The fourth-order valence-electron chi connectivity index (χ4n) is 4.23. The van der Waals surface area contributed by atoms with Gasteiger partial charge in [0.05, 0.1) is 130 Å². The molecule has 0 radical (unpaired) electrons. The smallest absolute Gasteiger partial charge is 0.313 e. The number of hydrogen-bond donors (Lipinski definition) is 0. The maximum atomic E-state index is 13.5. The molecule has 0 saturated carbocycles. The first-order valence-corrected chi connectivity index (χ1v) is 16.0. The van der Waals surface area contributed by atoms with Crippen molar-refractivity contribution in [2.45, 2.75) is 6.42 Å². The Labute approximate surface area is 290 Å². The average Bonchev–Trinajstić information content (AvgIpc) is 3.37. The summed E-state index contributed by atoms with van der Waals surface area (Å²) in [5.74, 6) is -14.8. The van der Waals surface area contributed by atoms with Crippen LogP contribution >= 0.6 is 0 Å². The number of esters is 1. The molecule has 0 aliphatic carbocycles. The lowest BCUT2D eigenvalue weighted by Gasteiger charge is -2.13. The zero-order valence-electron chi connectivity index (χ0n) is 27.8. The molecule has 0 fully saturated rings. The van der Waals surface area contributed by atoms with Crippen molar-refractivity contribution in [3.63, 3.8) is 0 Å². The minimum absolute atomic E-state index is 0.0696. The number of ether oxygens (including phenoxy) is 9. The summed E-state index contributed by atoms with van der Waals surface area (Å²) in [7, 11) is 0. The van der Waals surface area contributed by atoms with Gasteiger partial charge in [0, 0.05) is 0 Å². The molecule has 3 rings (SSSR count). The van der Waals surface area contributed by atoms with E-state index in [1.54, 1.807) is 24.3 Å². The maximum absolute atomic E-state index is 13.5. The van der Waals surface area contributed by atoms with E-state index in [-0.39, 0.29) is 51.4 Å². The summed E-state index contributed by atoms with van der Waals surface area (Å²) < 4.78 is 114. The quantitative estimate of drug-likeness (QED) is 0.0242. The van der Waals surface area contributed by atoms with Crippen LogP contribution in [0.3, 0.4) is 0 Å². The van der Waals surface area contributed by atoms with Crippen LogP contribution in [0.1, 0.15) is 27.1 Å². The highest BCUT2D eigenvalue weighted by Gasteiger charge is 2.34. The number of benzene rings is 2. The second kappa shape index (κ2) is 23.8. The van der Waals surface area contributed by atoms with Crippen LogP contribution in [-0.4, -0.2) is 135 Å². The van der Waals surface area contributed by atoms with E-state index in [2.05, 4.69) is 4.74 Å². The first kappa shape index (κ1) is 41.8. The summed E-state index contributed by atoms with van der Waals surface area (Å²) in [6.45, 7) is 4.63. The number of nitrogens with zero attached hydrogens (tertiary/aromatic N) is 1. The SMILES string of the molecule is O=C(CCOCCOCCOCCOCCOCCOCCOCCOCCN1C(=O)c2ccccc2C1=O)Oc1c(F)c(F)c(F)c(F)c1F. The third-order valence-electron chi connectivity index (χ3n) is 6.78. The van der Waals surface area contributed by atoms with Crippen molar-refractivity contribution in [3.8, 4) is 5.75 Å². The highest BCUT2D eigenvalue weighted by molar-refractivity contribution is 6.21. The normalized spacial score (nSPS) is 12.6. The fraction of sp³-hybridized carbons (Fsp3) is 0.545. The Morgan fingerprint density at radius 2 is 0.784 bits per heavy atom. The van der Waals surface area contributed by atoms with Crippen LogP contribution in [0.4, 0.5) is 22.0 Å². The third kappa shape index (κ3) is 14.1. The van der Waals surface area contributed by atoms with Gasteiger partial charge in [-0.3, -0.25) is 19.3 Å². The molecule has 284 valence electrons. The van der Waals surface area contributed by atoms with Crippen LogP contribution in [0, 0.1) is 29.1 Å². The monoisotopic (exact) mass is 737 g/mol. The van der Waals surface area contributed by atoms with E-state index in [0.717, 1.165) is 0 Å². The highest BCUT2D eigenvalue weighted by Crippen LogP contribution is 2.29. The average molecular weight is 738 g/mol. The lowest BCUT2D eigenvalue weighted by molar-refractivity contribution is -0.136. The van der Waals surface area contributed by atoms with Crippen molar-refractivity contribution in [2.75, 3.05) is 112 Å². The molecule has 0 aromatic heterocycles. The Morgan fingerprint density at radius 1 is 0.471 bits per heavy atom. The van der Waals surface area contributed by atoms with Gasteiger partial charge in [0.25, 0.3) is 11.8 Å². The molecule has 0 N–H and O–H groups in total. The minimum atomic E-state index is -2.35. The summed E-state index contributed by atoms with van der Waals surface area (Å²) in [4.78, 5) is 37.4. The van der Waals surface area contributed by atoms with E-state index in [9.17, 15) is 36.3 Å². The van der Waals surface area contributed by atoms with Gasteiger partial charge in [-0.25, -0.2) is 13.2 Å². The van der Waals surface area contributed by atoms with Crippen LogP contribution in [0.5, 0.6) is 5.75 Å². The van der Waals surface area contributed by atoms with Crippen molar-refractivity contribution < 1.29 is 79.0 Å². The van der Waals surface area contributed by atoms with Gasteiger partial charge in [0.2, 0.25) is 34.8 Å². The Kier molecular flexibility index (Phi) is 19.5. The largest absolute Gasteiger partial charge is 0.420 e. The maximum Gasteiger partial charge on any atom is 0.313 e. The number of carbonyl (C=O) groups is 3. The molecule has 2 aromatic carbocycles. The number of fused-ring (bicyclic) bond motifs is 1. The van der Waals surface area contributed by atoms with Crippen molar-refractivity contribution >= 4 is 17.8 Å². The molecule has 1 aliphatic rings. The van der Waals surface area contributed by atoms with E-state index in [0.29, 0.717) is 83.8 Å². The number of rotatable bonds is 28. The van der Waals surface area contributed by atoms with E-state index in [1.807, 2.05) is 0 Å². The summed E-state index contributed by atoms with van der Waals surface area (Å²) in [6, 6.07) is 6.72. The molecule has 2 aromatic rings. The molecule has 1 aliphatic heterocycles. The Bertz CT molecular complexity index is 1340. The number of hydrogen-bond acceptors (Lipinski definition) is 12. The molecular formula is C33H40F5NO12. The Morgan fingerprint density at radius 3 is 1.16 bits per heavy atom. The molecule has 13 nitrogen and oxygen atoms in total. The predicted molar refractivity (Wildman–Crippen MR) is 165 cm³/mol. The van der Waals surface area contributed by atoms with E-state index in [4.69, 9.17) is 37.9 Å². The fourth-order valence-corrected chi connectivity index (χ4v) is 4.23. The molecule has 2 amide bonds. The molecular weight excluding hydrogens is 697 g/mol. The van der Waals surface area contributed by atoms with Crippen LogP contribution in [0.25, 0.3) is 0 Å². The Hall–Kier alpha value is -3.62. The van der Waals surface area contributed by atoms with Crippen molar-refractivity contribution in [2.24, 2.45) is 0 Å². The van der Waals surface area contributed by atoms with E-state index in [1.165, 1.54) is 4.90 Å². The van der Waals surface area contributed by atoms with Crippen LogP contribution in [-0.2, 0) is 42.7 Å². The predicted octanol–water partition coefficient (Wildman–Crippen LogP) is 3.11. The van der Waals surface area contributed by atoms with Crippen molar-refractivity contribution in [1.82, 2.24) is 4.90 Å². The molecule has 18 heteroatoms. The first-order chi connectivity index (χ1) is 24.7. The van der Waals surface area contributed by atoms with Crippen molar-refractivity contribution in [1.29, 1.82) is 0 Å². The third-order valence-corrected chi connectivity index (χ3v) is 6.78. The molecule has 1 heterocycles. The first-order valence-electron chi connectivity index (χ1n) is 16.0. The topological polar surface area (TPSA) is 138 Å². The number of halogens is 5. The lowest BCUT2D eigenvalue weighted by Crippen LogP contribution is -2.33. The zero-order chi connectivity index (χ0) is 36.8. The van der Waals surface area contributed by atoms with Gasteiger partial charge in [-0.15, -0.1) is 0 Å². The van der Waals surface area contributed by atoms with Gasteiger partial charge in [0.1, 0.15) is 0 Å². The van der Waals surface area contributed by atoms with Crippen LogP contribution in [0.15, 0.2) is 24.3 Å². The Balaban J connectivity index is 0.991. The summed E-state index contributed by atoms with van der Waals surface area (Å²) in [6.07, 6.45) is -0.496. The molecule has 51 heavy (non-hydrogen) atoms. The van der Waals surface area contributed by atoms with Gasteiger partial charge < -0.3 is 42.6 Å². The number of imide groups is 1. The molecule has 0 unspecified atom stereocenters. The summed E-state index contributed by atoms with van der Waals surface area (Å²) >= 11 is 0. The standard InChI is InChI=1S/C33H40F5NO12/c34-26-27(35)29(37)31(30(38)28(26)36)51-25(40)5-7-43-9-11-45-13-15-47-17-19-49-21-22-50-20-18-48-16-14-46-12-10-44-8-6-39-32(41)23-3-1-2-4-24(23)33(39)42/h1-4H,5-22H2. The van der Waals surface area contributed by atoms with E-state index >= 15 is 0 Å². The van der Waals surface area contributed by atoms with Gasteiger partial charge in [-0.1, -0.05) is 12.1 Å². The molecule has 0 saturated heterocycles. The van der Waals surface area contributed by atoms with Crippen LogP contribution < -0.4 is 4.74 Å². The number of amides is 2. The van der Waals surface area contributed by atoms with E-state index < -0.39 is 47.2 Å². The van der Waals surface area contributed by atoms with Gasteiger partial charge >= 0.3 is 5.97 Å². The lowest BCUT2D eigenvalue weighted by atomic mass is 10.1. The summed E-state index contributed by atoms with van der Waals surface area (Å²) in [5, 5.41) is 0. The second-order valence-electron chi connectivity index (χ2n) is 10.3. The van der Waals surface area contributed by atoms with Gasteiger partial charge in [-0.05, 0) is 12.1 Å². The summed E-state index contributed by atoms with van der Waals surface area (Å²) in [5.41, 5.74) is 0.827. The zero-order valence-corrected chi connectivity index (χ0v) is 27.8. The molecule has 0 bridgehead atoms. The van der Waals surface area contributed by atoms with Crippen LogP contribution in [0.2, 0.25) is 0 Å².